The van der Waals surface area contributed by atoms with E-state index >= 15 is 0 Å². The Morgan fingerprint density at radius 2 is 1.77 bits per heavy atom. The summed E-state index contributed by atoms with van der Waals surface area (Å²) in [6.45, 7) is 1.05. The van der Waals surface area contributed by atoms with Crippen LogP contribution in [0, 0.1) is 10.1 Å². The summed E-state index contributed by atoms with van der Waals surface area (Å²) in [7, 11) is -2.85. The highest BCUT2D eigenvalue weighted by Gasteiger charge is 2.30. The zero-order valence-corrected chi connectivity index (χ0v) is 21.1. The van der Waals surface area contributed by atoms with E-state index in [1.165, 1.54) is 43.5 Å². The molecule has 35 heavy (non-hydrogen) atoms. The minimum Gasteiger partial charge on any atom is -0.495 e. The van der Waals surface area contributed by atoms with E-state index in [9.17, 15) is 23.3 Å². The van der Waals surface area contributed by atoms with Crippen molar-refractivity contribution in [1.82, 2.24) is 5.43 Å². The van der Waals surface area contributed by atoms with Gasteiger partial charge < -0.3 is 4.74 Å². The van der Waals surface area contributed by atoms with Crippen LogP contribution in [0.15, 0.2) is 87.3 Å². The second kappa shape index (κ2) is 11.1. The van der Waals surface area contributed by atoms with Crippen LogP contribution in [0.2, 0.25) is 0 Å². The molecule has 0 radical (unpaired) electrons. The fourth-order valence-corrected chi connectivity index (χ4v) is 5.20. The molecule has 0 aliphatic rings. The van der Waals surface area contributed by atoms with Gasteiger partial charge in [0.25, 0.3) is 21.6 Å². The molecule has 12 heteroatoms. The monoisotopic (exact) mass is 560 g/mol. The Morgan fingerprint density at radius 1 is 1.11 bits per heavy atom. The summed E-state index contributed by atoms with van der Waals surface area (Å²) in [5.41, 5.74) is 3.50. The zero-order valence-electron chi connectivity index (χ0n) is 18.7. The van der Waals surface area contributed by atoms with Gasteiger partial charge in [-0.3, -0.25) is 19.2 Å². The van der Waals surface area contributed by atoms with Gasteiger partial charge in [-0.2, -0.15) is 5.10 Å². The molecule has 0 unspecified atom stereocenters. The molecule has 0 spiro atoms. The highest BCUT2D eigenvalue weighted by molar-refractivity contribution is 9.10. The van der Waals surface area contributed by atoms with Crippen LogP contribution < -0.4 is 14.5 Å². The van der Waals surface area contributed by atoms with Crippen LogP contribution in [-0.4, -0.2) is 38.6 Å². The quantitative estimate of drug-likeness (QED) is 0.238. The first-order chi connectivity index (χ1) is 16.6. The smallest absolute Gasteiger partial charge is 0.269 e. The number of para-hydroxylation sites is 1. The van der Waals surface area contributed by atoms with Crippen molar-refractivity contribution in [2.45, 2.75) is 11.8 Å². The van der Waals surface area contributed by atoms with Crippen LogP contribution in [0.4, 0.5) is 11.4 Å². The van der Waals surface area contributed by atoms with Crippen molar-refractivity contribution >= 4 is 48.9 Å². The summed E-state index contributed by atoms with van der Waals surface area (Å²) in [6, 6.07) is 18.4. The normalized spacial score (nSPS) is 11.6. The molecular weight excluding hydrogens is 540 g/mol. The number of nitro groups is 1. The van der Waals surface area contributed by atoms with Crippen molar-refractivity contribution in [3.8, 4) is 5.75 Å². The van der Waals surface area contributed by atoms with Crippen molar-refractivity contribution in [3.05, 3.63) is 92.9 Å². The van der Waals surface area contributed by atoms with E-state index < -0.39 is 27.4 Å². The maximum absolute atomic E-state index is 13.6. The topological polar surface area (TPSA) is 131 Å². The van der Waals surface area contributed by atoms with Gasteiger partial charge in [0.2, 0.25) is 0 Å². The van der Waals surface area contributed by atoms with Gasteiger partial charge in [-0.1, -0.05) is 34.1 Å². The third-order valence-corrected chi connectivity index (χ3v) is 7.16. The molecule has 1 N–H and O–H groups in total. The maximum atomic E-state index is 13.6. The number of carbonyl (C=O) groups excluding carboxylic acids is 1. The lowest BCUT2D eigenvalue weighted by atomic mass is 10.1. The van der Waals surface area contributed by atoms with Gasteiger partial charge in [0, 0.05) is 16.6 Å². The first kappa shape index (κ1) is 25.8. The molecule has 0 aliphatic carbocycles. The van der Waals surface area contributed by atoms with Crippen molar-refractivity contribution < 1.29 is 22.9 Å². The first-order valence-corrected chi connectivity index (χ1v) is 12.4. The molecule has 3 aromatic rings. The van der Waals surface area contributed by atoms with E-state index in [1.54, 1.807) is 43.3 Å². The molecule has 10 nitrogen and oxygen atoms in total. The lowest BCUT2D eigenvalue weighted by Gasteiger charge is -2.24. The Hall–Kier alpha value is -3.77. The van der Waals surface area contributed by atoms with Crippen LogP contribution in [-0.2, 0) is 14.8 Å². The fourth-order valence-electron chi connectivity index (χ4n) is 3.08. The van der Waals surface area contributed by atoms with Crippen LogP contribution in [0.25, 0.3) is 0 Å². The Bertz CT molecular complexity index is 1360. The molecule has 182 valence electrons. The number of sulfonamides is 1. The summed E-state index contributed by atoms with van der Waals surface area (Å²) in [4.78, 5) is 22.9. The van der Waals surface area contributed by atoms with E-state index in [0.29, 0.717) is 15.7 Å². The summed E-state index contributed by atoms with van der Waals surface area (Å²) in [5, 5.41) is 14.8. The molecule has 3 aromatic carbocycles. The molecule has 0 aromatic heterocycles. The van der Waals surface area contributed by atoms with E-state index in [0.717, 1.165) is 4.31 Å². The highest BCUT2D eigenvalue weighted by Crippen LogP contribution is 2.32. The van der Waals surface area contributed by atoms with Crippen molar-refractivity contribution in [2.75, 3.05) is 18.0 Å². The molecule has 0 fully saturated rings. The summed E-state index contributed by atoms with van der Waals surface area (Å²) in [5.74, 6) is -0.561. The number of benzene rings is 3. The number of amides is 1. The number of hydrazone groups is 1. The third kappa shape index (κ3) is 6.22. The lowest BCUT2D eigenvalue weighted by Crippen LogP contribution is -2.40. The number of non-ortho nitro benzene ring substituents is 1. The fraction of sp³-hybridized carbons (Fsp3) is 0.130. The van der Waals surface area contributed by atoms with Crippen molar-refractivity contribution in [1.29, 1.82) is 0 Å². The van der Waals surface area contributed by atoms with Gasteiger partial charge in [0.1, 0.15) is 17.2 Å². The Labute approximate surface area is 210 Å². The number of halogens is 1. The molecule has 0 saturated heterocycles. The highest BCUT2D eigenvalue weighted by atomic mass is 79.9. The van der Waals surface area contributed by atoms with Crippen LogP contribution in [0.3, 0.4) is 0 Å². The first-order valence-electron chi connectivity index (χ1n) is 10.1. The number of nitro benzene ring substituents is 1. The van der Waals surface area contributed by atoms with Gasteiger partial charge in [0.15, 0.2) is 0 Å². The van der Waals surface area contributed by atoms with Crippen molar-refractivity contribution in [3.63, 3.8) is 0 Å². The van der Waals surface area contributed by atoms with E-state index in [2.05, 4.69) is 26.5 Å². The molecule has 3 rings (SSSR count). The van der Waals surface area contributed by atoms with Gasteiger partial charge >= 0.3 is 0 Å². The second-order valence-electron chi connectivity index (χ2n) is 7.18. The minimum atomic E-state index is -4.21. The predicted molar refractivity (Wildman–Crippen MR) is 135 cm³/mol. The average molecular weight is 561 g/mol. The number of nitrogens with one attached hydrogen (secondary N) is 1. The second-order valence-corrected chi connectivity index (χ2v) is 9.92. The molecule has 0 heterocycles. The number of anilines is 1. The molecule has 0 atom stereocenters. The maximum Gasteiger partial charge on any atom is 0.269 e. The van der Waals surface area contributed by atoms with Crippen LogP contribution in [0.1, 0.15) is 12.5 Å². The van der Waals surface area contributed by atoms with Crippen LogP contribution >= 0.6 is 15.9 Å². The molecule has 0 bridgehead atoms. The number of ether oxygens (including phenoxy) is 1. The summed E-state index contributed by atoms with van der Waals surface area (Å²) < 4.78 is 33.9. The number of nitrogens with zero attached hydrogens (tertiary/aromatic N) is 3. The van der Waals surface area contributed by atoms with Gasteiger partial charge in [-0.25, -0.2) is 13.8 Å². The molecular formula is C23H21BrN4O6S. The number of hydrogen-bond acceptors (Lipinski definition) is 7. The SMILES string of the molecule is COc1ccc(Br)cc1S(=O)(=O)N(CC(=O)N/N=C(/C)c1ccc([N+](=O)[O-])cc1)c1ccccc1. The Balaban J connectivity index is 1.88. The van der Waals surface area contributed by atoms with Gasteiger partial charge in [0.05, 0.1) is 23.4 Å². The number of rotatable bonds is 9. The summed E-state index contributed by atoms with van der Waals surface area (Å²) in [6.07, 6.45) is 0. The standard InChI is InChI=1S/C23H21BrN4O6S/c1-16(17-8-11-20(12-9-17)28(30)31)25-26-23(29)15-27(19-6-4-3-5-7-19)35(32,33)22-14-18(24)10-13-21(22)34-2/h3-14H,15H2,1-2H3,(H,26,29)/b25-16-. The zero-order chi connectivity index (χ0) is 25.6. The third-order valence-electron chi connectivity index (χ3n) is 4.87. The molecule has 1 amide bonds. The van der Waals surface area contributed by atoms with Gasteiger partial charge in [-0.15, -0.1) is 0 Å². The summed E-state index contributed by atoms with van der Waals surface area (Å²) >= 11 is 3.28. The van der Waals surface area contributed by atoms with E-state index in [1.807, 2.05) is 0 Å². The van der Waals surface area contributed by atoms with Crippen molar-refractivity contribution in [2.24, 2.45) is 5.10 Å². The molecule has 0 saturated carbocycles. The Kier molecular flexibility index (Phi) is 8.20. The van der Waals surface area contributed by atoms with E-state index in [-0.39, 0.29) is 22.0 Å². The number of methoxy groups -OCH3 is 1. The van der Waals surface area contributed by atoms with Crippen LogP contribution in [0.5, 0.6) is 5.75 Å². The lowest BCUT2D eigenvalue weighted by molar-refractivity contribution is -0.384. The largest absolute Gasteiger partial charge is 0.495 e. The minimum absolute atomic E-state index is 0.0720. The predicted octanol–water partition coefficient (Wildman–Crippen LogP) is 4.10. The average Bonchev–Trinajstić information content (AvgIpc) is 2.86. The number of carbonyl (C=O) groups is 1. The van der Waals surface area contributed by atoms with Gasteiger partial charge in [-0.05, 0) is 55.0 Å². The Morgan fingerprint density at radius 3 is 2.37 bits per heavy atom. The van der Waals surface area contributed by atoms with E-state index in [4.69, 9.17) is 4.74 Å². The molecule has 0 aliphatic heterocycles. The number of hydrogen-bond donors (Lipinski definition) is 1.